The molecule has 0 fully saturated rings. The van der Waals surface area contributed by atoms with Crippen LogP contribution in [0.4, 0.5) is 14.5 Å². The highest BCUT2D eigenvalue weighted by atomic mass is 19.1. The Bertz CT molecular complexity index is 433. The van der Waals surface area contributed by atoms with E-state index in [1.54, 1.807) is 6.92 Å². The topological polar surface area (TPSA) is 12.4 Å². The van der Waals surface area contributed by atoms with Crippen molar-refractivity contribution in [2.45, 2.75) is 6.92 Å². The van der Waals surface area contributed by atoms with Crippen molar-refractivity contribution in [1.29, 1.82) is 0 Å². The molecule has 0 saturated heterocycles. The third-order valence-corrected chi connectivity index (χ3v) is 2.06. The van der Waals surface area contributed by atoms with Gasteiger partial charge < -0.3 is 0 Å². The van der Waals surface area contributed by atoms with Crippen LogP contribution >= 0.6 is 0 Å². The van der Waals surface area contributed by atoms with E-state index in [-0.39, 0.29) is 0 Å². The lowest BCUT2D eigenvalue weighted by Crippen LogP contribution is -1.91. The zero-order chi connectivity index (χ0) is 9.59. The lowest BCUT2D eigenvalue weighted by Gasteiger charge is -2.00. The van der Waals surface area contributed by atoms with E-state index in [4.69, 9.17) is 0 Å². The molecule has 1 nitrogen and oxygen atoms in total. The Morgan fingerprint density at radius 3 is 2.69 bits per heavy atom. The van der Waals surface area contributed by atoms with Crippen molar-refractivity contribution in [2.75, 3.05) is 0 Å². The Kier molecular flexibility index (Phi) is 1.55. The molecule has 0 saturated carbocycles. The van der Waals surface area contributed by atoms with Gasteiger partial charge in [0.25, 0.3) is 0 Å². The van der Waals surface area contributed by atoms with E-state index in [0.29, 0.717) is 22.5 Å². The first-order chi connectivity index (χ1) is 6.09. The van der Waals surface area contributed by atoms with Crippen LogP contribution in [0.15, 0.2) is 23.7 Å². The molecule has 1 aromatic rings. The highest BCUT2D eigenvalue weighted by Crippen LogP contribution is 2.36. The fraction of sp³-hybridized carbons (Fsp3) is 0.100. The Labute approximate surface area is 74.4 Å². The molecule has 0 radical (unpaired) electrons. The lowest BCUT2D eigenvalue weighted by atomic mass is 10.1. The molecule has 2 rings (SSSR count). The van der Waals surface area contributed by atoms with Gasteiger partial charge in [-0.05, 0) is 6.92 Å². The number of fused-ring (bicyclic) bond motifs is 1. The monoisotopic (exact) mass is 179 g/mol. The summed E-state index contributed by atoms with van der Waals surface area (Å²) in [5.41, 5.74) is 1.82. The van der Waals surface area contributed by atoms with Crippen LogP contribution in [0.5, 0.6) is 0 Å². The summed E-state index contributed by atoms with van der Waals surface area (Å²) in [4.78, 5) is 3.99. The second kappa shape index (κ2) is 2.49. The predicted molar refractivity (Wildman–Crippen MR) is 48.2 cm³/mol. The van der Waals surface area contributed by atoms with E-state index < -0.39 is 11.6 Å². The van der Waals surface area contributed by atoms with E-state index in [1.807, 2.05) is 0 Å². The van der Waals surface area contributed by atoms with Gasteiger partial charge in [0.15, 0.2) is 0 Å². The number of hydrogen-bond acceptors (Lipinski definition) is 1. The maximum absolute atomic E-state index is 13.2. The van der Waals surface area contributed by atoms with Gasteiger partial charge in [-0.15, -0.1) is 0 Å². The molecule has 0 unspecified atom stereocenters. The molecule has 0 atom stereocenters. The first kappa shape index (κ1) is 8.10. The minimum absolute atomic E-state index is 0.318. The van der Waals surface area contributed by atoms with Crippen LogP contribution in [-0.2, 0) is 0 Å². The van der Waals surface area contributed by atoms with Crippen LogP contribution in [0.25, 0.3) is 5.57 Å². The van der Waals surface area contributed by atoms with Crippen LogP contribution in [0.1, 0.15) is 12.5 Å². The van der Waals surface area contributed by atoms with Gasteiger partial charge in [-0.2, -0.15) is 0 Å². The molecule has 1 aliphatic heterocycles. The van der Waals surface area contributed by atoms with Crippen molar-refractivity contribution < 1.29 is 8.78 Å². The molecule has 13 heavy (non-hydrogen) atoms. The largest absolute Gasteiger partial charge is 0.252 e. The molecule has 3 heteroatoms. The fourth-order valence-electron chi connectivity index (χ4n) is 1.38. The van der Waals surface area contributed by atoms with Gasteiger partial charge in [0.05, 0.1) is 5.69 Å². The SMILES string of the molecule is C=C1C(C)=Nc2cc(F)cc(F)c21. The molecule has 1 aromatic carbocycles. The number of allylic oxidation sites excluding steroid dienone is 1. The molecule has 0 spiro atoms. The summed E-state index contributed by atoms with van der Waals surface area (Å²) in [6, 6.07) is 2.05. The van der Waals surface area contributed by atoms with Crippen molar-refractivity contribution in [3.63, 3.8) is 0 Å². The normalized spacial score (nSPS) is 14.4. The van der Waals surface area contributed by atoms with Gasteiger partial charge in [-0.1, -0.05) is 6.58 Å². The number of hydrogen-bond donors (Lipinski definition) is 0. The third-order valence-electron chi connectivity index (χ3n) is 2.06. The Morgan fingerprint density at radius 2 is 2.00 bits per heavy atom. The number of benzene rings is 1. The van der Waals surface area contributed by atoms with Gasteiger partial charge in [0.1, 0.15) is 11.6 Å². The molecule has 0 aromatic heterocycles. The van der Waals surface area contributed by atoms with E-state index in [0.717, 1.165) is 6.07 Å². The average molecular weight is 179 g/mol. The summed E-state index contributed by atoms with van der Waals surface area (Å²) in [5.74, 6) is -1.21. The molecule has 1 aliphatic rings. The van der Waals surface area contributed by atoms with Gasteiger partial charge in [0, 0.05) is 29.0 Å². The predicted octanol–water partition coefficient (Wildman–Crippen LogP) is 3.08. The van der Waals surface area contributed by atoms with Gasteiger partial charge >= 0.3 is 0 Å². The Balaban J connectivity index is 2.73. The molecule has 0 aliphatic carbocycles. The maximum Gasteiger partial charge on any atom is 0.136 e. The third kappa shape index (κ3) is 1.08. The van der Waals surface area contributed by atoms with Crippen LogP contribution in [0, 0.1) is 11.6 Å². The molecule has 0 bridgehead atoms. The van der Waals surface area contributed by atoms with Gasteiger partial charge in [-0.25, -0.2) is 8.78 Å². The first-order valence-corrected chi connectivity index (χ1v) is 3.83. The van der Waals surface area contributed by atoms with Crippen LogP contribution < -0.4 is 0 Å². The smallest absolute Gasteiger partial charge is 0.136 e. The number of aliphatic imine (C=N–C) groups is 1. The Hall–Kier alpha value is -1.51. The molecule has 1 heterocycles. The van der Waals surface area contributed by atoms with Crippen LogP contribution in [0.2, 0.25) is 0 Å². The van der Waals surface area contributed by atoms with Gasteiger partial charge in [-0.3, -0.25) is 4.99 Å². The second-order valence-corrected chi connectivity index (χ2v) is 2.96. The van der Waals surface area contributed by atoms with Crippen molar-refractivity contribution in [3.8, 4) is 0 Å². The number of halogens is 2. The van der Waals surface area contributed by atoms with Crippen LogP contribution in [0.3, 0.4) is 0 Å². The minimum Gasteiger partial charge on any atom is -0.252 e. The standard InChI is InChI=1S/C10H7F2N/c1-5-6(2)13-9-4-7(11)3-8(12)10(5)9/h3-4H,1H2,2H3. The lowest BCUT2D eigenvalue weighted by molar-refractivity contribution is 0.582. The minimum atomic E-state index is -0.609. The number of nitrogens with zero attached hydrogens (tertiary/aromatic N) is 1. The van der Waals surface area contributed by atoms with E-state index in [9.17, 15) is 8.78 Å². The summed E-state index contributed by atoms with van der Waals surface area (Å²) in [7, 11) is 0. The fourth-order valence-corrected chi connectivity index (χ4v) is 1.38. The summed E-state index contributed by atoms with van der Waals surface area (Å²) in [6.45, 7) is 5.40. The highest BCUT2D eigenvalue weighted by Gasteiger charge is 2.20. The highest BCUT2D eigenvalue weighted by molar-refractivity contribution is 6.27. The van der Waals surface area contributed by atoms with Crippen molar-refractivity contribution in [1.82, 2.24) is 0 Å². The quantitative estimate of drug-likeness (QED) is 0.580. The van der Waals surface area contributed by atoms with E-state index in [2.05, 4.69) is 11.6 Å². The maximum atomic E-state index is 13.2. The Morgan fingerprint density at radius 1 is 1.31 bits per heavy atom. The summed E-state index contributed by atoms with van der Waals surface area (Å²) in [6.07, 6.45) is 0. The summed E-state index contributed by atoms with van der Waals surface area (Å²) < 4.78 is 25.9. The van der Waals surface area contributed by atoms with E-state index in [1.165, 1.54) is 6.07 Å². The van der Waals surface area contributed by atoms with Crippen molar-refractivity contribution >= 4 is 17.0 Å². The zero-order valence-electron chi connectivity index (χ0n) is 7.06. The molecule has 0 N–H and O–H groups in total. The van der Waals surface area contributed by atoms with Crippen molar-refractivity contribution in [3.05, 3.63) is 35.9 Å². The first-order valence-electron chi connectivity index (χ1n) is 3.83. The number of rotatable bonds is 0. The zero-order valence-corrected chi connectivity index (χ0v) is 7.06. The van der Waals surface area contributed by atoms with E-state index >= 15 is 0 Å². The molecular formula is C10H7F2N. The van der Waals surface area contributed by atoms with Gasteiger partial charge in [0.2, 0.25) is 0 Å². The van der Waals surface area contributed by atoms with Crippen molar-refractivity contribution in [2.24, 2.45) is 4.99 Å². The molecule has 0 amide bonds. The summed E-state index contributed by atoms with van der Waals surface area (Å²) in [5, 5.41) is 0. The average Bonchev–Trinajstić information content (AvgIpc) is 2.27. The second-order valence-electron chi connectivity index (χ2n) is 2.96. The molecule has 66 valence electrons. The molecular weight excluding hydrogens is 172 g/mol. The van der Waals surface area contributed by atoms with Crippen LogP contribution in [-0.4, -0.2) is 5.71 Å². The summed E-state index contributed by atoms with van der Waals surface area (Å²) >= 11 is 0.